The fraction of sp³-hybridized carbons (Fsp3) is 0.650. The first-order valence-corrected chi connectivity index (χ1v) is 9.46. The van der Waals surface area contributed by atoms with E-state index >= 15 is 0 Å². The molecule has 2 fully saturated rings. The van der Waals surface area contributed by atoms with Crippen molar-refractivity contribution in [3.63, 3.8) is 0 Å². The van der Waals surface area contributed by atoms with E-state index in [-0.39, 0.29) is 11.3 Å². The Morgan fingerprint density at radius 3 is 2.96 bits per heavy atom. The van der Waals surface area contributed by atoms with Crippen LogP contribution in [-0.4, -0.2) is 64.3 Å². The lowest BCUT2D eigenvalue weighted by atomic mass is 9.81. The Bertz CT molecular complexity index is 658. The molecule has 25 heavy (non-hydrogen) atoms. The third-order valence-electron chi connectivity index (χ3n) is 6.07. The van der Waals surface area contributed by atoms with Crippen molar-refractivity contribution in [3.05, 3.63) is 29.3 Å². The van der Waals surface area contributed by atoms with E-state index in [0.29, 0.717) is 5.92 Å². The molecule has 0 bridgehead atoms. The fourth-order valence-corrected chi connectivity index (χ4v) is 4.44. The monoisotopic (exact) mass is 343 g/mol. The van der Waals surface area contributed by atoms with E-state index in [9.17, 15) is 4.79 Å². The second kappa shape index (κ2) is 6.61. The number of hydrogen-bond donors (Lipinski definition) is 1. The number of amides is 1. The molecule has 0 aromatic heterocycles. The normalized spacial score (nSPS) is 25.6. The number of benzene rings is 1. The summed E-state index contributed by atoms with van der Waals surface area (Å²) in [5, 5.41) is 3.10. The molecule has 1 unspecified atom stereocenters. The maximum Gasteiger partial charge on any atom is 0.251 e. The van der Waals surface area contributed by atoms with Gasteiger partial charge in [0.2, 0.25) is 0 Å². The molecule has 1 atom stereocenters. The summed E-state index contributed by atoms with van der Waals surface area (Å²) in [5.74, 6) is 0.786. The molecule has 1 spiro atoms. The van der Waals surface area contributed by atoms with Gasteiger partial charge in [-0.1, -0.05) is 0 Å². The van der Waals surface area contributed by atoms with Gasteiger partial charge < -0.3 is 19.9 Å². The van der Waals surface area contributed by atoms with Crippen molar-refractivity contribution < 1.29 is 9.53 Å². The summed E-state index contributed by atoms with van der Waals surface area (Å²) >= 11 is 0. The van der Waals surface area contributed by atoms with E-state index in [2.05, 4.69) is 34.3 Å². The molecule has 1 saturated carbocycles. The first kappa shape index (κ1) is 16.9. The minimum Gasteiger partial charge on any atom is -0.383 e. The van der Waals surface area contributed by atoms with Crippen LogP contribution >= 0.6 is 0 Å². The van der Waals surface area contributed by atoms with E-state index in [4.69, 9.17) is 4.74 Å². The van der Waals surface area contributed by atoms with Crippen molar-refractivity contribution in [2.45, 2.75) is 24.7 Å². The van der Waals surface area contributed by atoms with Crippen LogP contribution in [0.2, 0.25) is 0 Å². The van der Waals surface area contributed by atoms with E-state index in [1.165, 1.54) is 24.1 Å². The number of nitrogens with one attached hydrogen (secondary N) is 1. The van der Waals surface area contributed by atoms with Crippen molar-refractivity contribution >= 4 is 11.6 Å². The van der Waals surface area contributed by atoms with Gasteiger partial charge in [-0.3, -0.25) is 4.79 Å². The predicted molar refractivity (Wildman–Crippen MR) is 99.4 cm³/mol. The molecule has 5 heteroatoms. The quantitative estimate of drug-likeness (QED) is 0.856. The molecule has 2 heterocycles. The number of fused-ring (bicyclic) bond motifs is 2. The van der Waals surface area contributed by atoms with Gasteiger partial charge in [-0.05, 0) is 55.5 Å². The molecule has 136 valence electrons. The molecule has 5 nitrogen and oxygen atoms in total. The van der Waals surface area contributed by atoms with Crippen molar-refractivity contribution in [1.29, 1.82) is 0 Å². The van der Waals surface area contributed by atoms with Gasteiger partial charge in [-0.2, -0.15) is 0 Å². The summed E-state index contributed by atoms with van der Waals surface area (Å²) < 4.78 is 5.24. The number of carbonyl (C=O) groups is 1. The molecule has 2 aliphatic heterocycles. The highest BCUT2D eigenvalue weighted by Crippen LogP contribution is 2.46. The third kappa shape index (κ3) is 3.27. The highest BCUT2D eigenvalue weighted by Gasteiger charge is 2.46. The zero-order chi connectivity index (χ0) is 17.4. The number of nitrogens with zero attached hydrogens (tertiary/aromatic N) is 2. The Labute approximate surface area is 150 Å². The lowest BCUT2D eigenvalue weighted by Gasteiger charge is -2.25. The number of likely N-dealkylation sites (N-methyl/N-ethyl adjacent to an activating group) is 1. The van der Waals surface area contributed by atoms with Crippen molar-refractivity contribution in [2.75, 3.05) is 58.4 Å². The summed E-state index contributed by atoms with van der Waals surface area (Å²) in [6, 6.07) is 6.27. The fourth-order valence-electron chi connectivity index (χ4n) is 4.44. The maximum absolute atomic E-state index is 12.5. The number of ether oxygens (including phenoxy) is 1. The van der Waals surface area contributed by atoms with E-state index in [1.807, 2.05) is 6.07 Å². The lowest BCUT2D eigenvalue weighted by Crippen LogP contribution is -2.36. The van der Waals surface area contributed by atoms with Crippen LogP contribution in [-0.2, 0) is 10.2 Å². The Morgan fingerprint density at radius 2 is 2.20 bits per heavy atom. The van der Waals surface area contributed by atoms with Gasteiger partial charge in [0.25, 0.3) is 5.91 Å². The van der Waals surface area contributed by atoms with Gasteiger partial charge >= 0.3 is 0 Å². The van der Waals surface area contributed by atoms with Gasteiger partial charge in [0, 0.05) is 57.0 Å². The minimum atomic E-state index is 0.0774. The smallest absolute Gasteiger partial charge is 0.251 e. The number of carbonyl (C=O) groups excluding carboxylic acids is 1. The molecule has 0 radical (unpaired) electrons. The van der Waals surface area contributed by atoms with Gasteiger partial charge in [0.1, 0.15) is 0 Å². The van der Waals surface area contributed by atoms with Crippen LogP contribution in [0.15, 0.2) is 18.2 Å². The number of anilines is 1. The second-order valence-corrected chi connectivity index (χ2v) is 8.04. The Hall–Kier alpha value is -1.59. The summed E-state index contributed by atoms with van der Waals surface area (Å²) in [4.78, 5) is 17.4. The van der Waals surface area contributed by atoms with Crippen LogP contribution in [0, 0.1) is 5.92 Å². The minimum absolute atomic E-state index is 0.0774. The van der Waals surface area contributed by atoms with Crippen molar-refractivity contribution in [2.24, 2.45) is 5.92 Å². The molecule has 1 saturated heterocycles. The molecule has 1 N–H and O–H groups in total. The second-order valence-electron chi connectivity index (χ2n) is 8.04. The number of methoxy groups -OCH3 is 1. The molecule has 1 aromatic rings. The van der Waals surface area contributed by atoms with Crippen molar-refractivity contribution in [3.8, 4) is 0 Å². The average Bonchev–Trinajstić information content (AvgIpc) is 3.31. The molecular weight excluding hydrogens is 314 g/mol. The number of rotatable bonds is 6. The molecule has 4 rings (SSSR count). The standard InChI is InChI=1S/C20H29N3O2/c1-22-13-20(7-8-23(14-20)9-10-25-2)17-11-16(5-6-18(17)22)19(24)21-12-15-3-4-15/h5-6,11,15H,3-4,7-10,12-14H2,1-2H3,(H,21,24). The molecular formula is C20H29N3O2. The van der Waals surface area contributed by atoms with Gasteiger partial charge in [0.15, 0.2) is 0 Å². The molecule has 3 aliphatic rings. The third-order valence-corrected chi connectivity index (χ3v) is 6.07. The molecule has 1 aliphatic carbocycles. The number of hydrogen-bond acceptors (Lipinski definition) is 4. The van der Waals surface area contributed by atoms with Gasteiger partial charge in [-0.15, -0.1) is 0 Å². The van der Waals surface area contributed by atoms with Crippen LogP contribution in [0.5, 0.6) is 0 Å². The first-order valence-electron chi connectivity index (χ1n) is 9.46. The maximum atomic E-state index is 12.5. The summed E-state index contributed by atoms with van der Waals surface area (Å²) in [7, 11) is 3.93. The Kier molecular flexibility index (Phi) is 4.46. The van der Waals surface area contributed by atoms with Crippen LogP contribution in [0.4, 0.5) is 5.69 Å². The summed E-state index contributed by atoms with van der Waals surface area (Å²) in [6.07, 6.45) is 3.67. The Balaban J connectivity index is 1.53. The van der Waals surface area contributed by atoms with E-state index < -0.39 is 0 Å². The van der Waals surface area contributed by atoms with E-state index in [0.717, 1.165) is 51.3 Å². The summed E-state index contributed by atoms with van der Waals surface area (Å²) in [6.45, 7) is 5.79. The zero-order valence-electron chi connectivity index (χ0n) is 15.4. The average molecular weight is 343 g/mol. The van der Waals surface area contributed by atoms with Gasteiger partial charge in [-0.25, -0.2) is 0 Å². The van der Waals surface area contributed by atoms with Crippen LogP contribution in [0.25, 0.3) is 0 Å². The van der Waals surface area contributed by atoms with E-state index in [1.54, 1.807) is 7.11 Å². The summed E-state index contributed by atoms with van der Waals surface area (Å²) in [5.41, 5.74) is 3.61. The Morgan fingerprint density at radius 1 is 1.36 bits per heavy atom. The zero-order valence-corrected chi connectivity index (χ0v) is 15.4. The predicted octanol–water partition coefficient (Wildman–Crippen LogP) is 1.87. The van der Waals surface area contributed by atoms with Crippen LogP contribution in [0.1, 0.15) is 35.2 Å². The topological polar surface area (TPSA) is 44.8 Å². The highest BCUT2D eigenvalue weighted by atomic mass is 16.5. The number of likely N-dealkylation sites (tertiary alicyclic amines) is 1. The molecule has 1 aromatic carbocycles. The highest BCUT2D eigenvalue weighted by molar-refractivity contribution is 5.95. The van der Waals surface area contributed by atoms with Crippen molar-refractivity contribution in [1.82, 2.24) is 10.2 Å². The SMILES string of the molecule is COCCN1CCC2(C1)CN(C)c1ccc(C(=O)NCC3CC3)cc12. The largest absolute Gasteiger partial charge is 0.383 e. The van der Waals surface area contributed by atoms with Gasteiger partial charge in [0.05, 0.1) is 6.61 Å². The van der Waals surface area contributed by atoms with Crippen LogP contribution in [0.3, 0.4) is 0 Å². The lowest BCUT2D eigenvalue weighted by molar-refractivity contribution is 0.0951. The van der Waals surface area contributed by atoms with Crippen LogP contribution < -0.4 is 10.2 Å². The first-order chi connectivity index (χ1) is 12.1. The molecule has 1 amide bonds.